The van der Waals surface area contributed by atoms with E-state index in [1.54, 1.807) is 31.1 Å². The van der Waals surface area contributed by atoms with Crippen LogP contribution in [-0.2, 0) is 25.9 Å². The normalized spacial score (nSPS) is 13.6. The van der Waals surface area contributed by atoms with Gasteiger partial charge in [-0.1, -0.05) is 12.1 Å². The SMILES string of the molecule is COCCSc1ccc(-c2ccn(CC[C@](C)(C(=O)NO)S(C)(=O)=O)c(=O)c2)cc1. The highest BCUT2D eigenvalue weighted by Crippen LogP contribution is 2.24. The molecule has 0 radical (unpaired) electrons. The standard InChI is InChI=1S/C20H26N2O6S2/c1-20(19(24)21-25,30(3,26)27)9-11-22-10-8-16(14-18(22)23)15-4-6-17(7-5-15)29-13-12-28-2/h4-8,10,14,25H,9,11-13H2,1-3H3,(H,21,24)/t20-/m1/s1. The first-order valence-electron chi connectivity index (χ1n) is 9.19. The van der Waals surface area contributed by atoms with E-state index in [1.807, 2.05) is 24.3 Å². The molecule has 8 nitrogen and oxygen atoms in total. The van der Waals surface area contributed by atoms with Crippen LogP contribution in [0.4, 0.5) is 0 Å². The number of pyridine rings is 1. The van der Waals surface area contributed by atoms with Gasteiger partial charge in [0, 0.05) is 42.8 Å². The first-order chi connectivity index (χ1) is 14.1. The second-order valence-electron chi connectivity index (χ2n) is 7.01. The summed E-state index contributed by atoms with van der Waals surface area (Å²) in [5.41, 5.74) is 2.71. The summed E-state index contributed by atoms with van der Waals surface area (Å²) in [6, 6.07) is 11.1. The third-order valence-corrected chi connectivity index (χ3v) is 7.97. The topological polar surface area (TPSA) is 115 Å². The molecule has 0 aliphatic heterocycles. The number of amides is 1. The van der Waals surface area contributed by atoms with E-state index in [4.69, 9.17) is 9.94 Å². The lowest BCUT2D eigenvalue weighted by Gasteiger charge is -2.25. The molecular formula is C20H26N2O6S2. The summed E-state index contributed by atoms with van der Waals surface area (Å²) in [6.45, 7) is 1.90. The third-order valence-electron chi connectivity index (χ3n) is 4.97. The molecule has 0 aliphatic carbocycles. The minimum absolute atomic E-state index is 0.00514. The van der Waals surface area contributed by atoms with Crippen molar-refractivity contribution in [1.82, 2.24) is 10.0 Å². The van der Waals surface area contributed by atoms with E-state index in [-0.39, 0.29) is 18.5 Å². The Balaban J connectivity index is 2.15. The smallest absolute Gasteiger partial charge is 0.264 e. The minimum Gasteiger partial charge on any atom is -0.384 e. The molecule has 0 saturated carbocycles. The van der Waals surface area contributed by atoms with E-state index >= 15 is 0 Å². The summed E-state index contributed by atoms with van der Waals surface area (Å²) in [4.78, 5) is 25.5. The van der Waals surface area contributed by atoms with Gasteiger partial charge in [-0.3, -0.25) is 14.8 Å². The number of ether oxygens (including phenoxy) is 1. The van der Waals surface area contributed by atoms with Crippen LogP contribution in [0.3, 0.4) is 0 Å². The van der Waals surface area contributed by atoms with Crippen molar-refractivity contribution in [1.29, 1.82) is 0 Å². The maximum absolute atomic E-state index is 12.5. The van der Waals surface area contributed by atoms with Crippen LogP contribution in [0, 0.1) is 0 Å². The number of thioether (sulfide) groups is 1. The maximum Gasteiger partial charge on any atom is 0.264 e. The molecule has 1 amide bonds. The Bertz CT molecular complexity index is 1030. The number of carbonyl (C=O) groups excluding carboxylic acids is 1. The molecule has 1 atom stereocenters. The van der Waals surface area contributed by atoms with Gasteiger partial charge in [0.05, 0.1) is 6.61 Å². The summed E-state index contributed by atoms with van der Waals surface area (Å²) in [5.74, 6) is -0.176. The molecule has 1 aromatic carbocycles. The van der Waals surface area contributed by atoms with E-state index in [1.165, 1.54) is 23.0 Å². The molecule has 0 saturated heterocycles. The average Bonchev–Trinajstić information content (AvgIpc) is 2.71. The predicted molar refractivity (Wildman–Crippen MR) is 117 cm³/mol. The quantitative estimate of drug-likeness (QED) is 0.244. The third kappa shape index (κ3) is 5.72. The Morgan fingerprint density at radius 2 is 1.90 bits per heavy atom. The zero-order valence-electron chi connectivity index (χ0n) is 17.1. The molecule has 30 heavy (non-hydrogen) atoms. The molecule has 0 fully saturated rings. The van der Waals surface area contributed by atoms with Crippen molar-refractivity contribution >= 4 is 27.5 Å². The number of hydrogen-bond acceptors (Lipinski definition) is 7. The van der Waals surface area contributed by atoms with Gasteiger partial charge in [-0.25, -0.2) is 13.9 Å². The molecule has 0 unspecified atom stereocenters. The molecule has 164 valence electrons. The summed E-state index contributed by atoms with van der Waals surface area (Å²) < 4.78 is 28.6. The van der Waals surface area contributed by atoms with E-state index in [0.29, 0.717) is 6.61 Å². The predicted octanol–water partition coefficient (Wildman–Crippen LogP) is 1.95. The van der Waals surface area contributed by atoms with Gasteiger partial charge in [0.1, 0.15) is 0 Å². The van der Waals surface area contributed by atoms with Crippen LogP contribution in [0.2, 0.25) is 0 Å². The largest absolute Gasteiger partial charge is 0.384 e. The highest BCUT2D eigenvalue weighted by molar-refractivity contribution is 7.99. The fourth-order valence-corrected chi connectivity index (χ4v) is 4.44. The van der Waals surface area contributed by atoms with Gasteiger partial charge < -0.3 is 9.30 Å². The molecule has 0 aliphatic rings. The van der Waals surface area contributed by atoms with Crippen molar-refractivity contribution in [3.8, 4) is 11.1 Å². The molecular weight excluding hydrogens is 428 g/mol. The minimum atomic E-state index is -3.82. The van der Waals surface area contributed by atoms with E-state index in [2.05, 4.69) is 0 Å². The first kappa shape index (κ1) is 24.1. The second-order valence-corrected chi connectivity index (χ2v) is 10.6. The van der Waals surface area contributed by atoms with Gasteiger partial charge in [0.15, 0.2) is 14.6 Å². The molecule has 1 aromatic heterocycles. The monoisotopic (exact) mass is 454 g/mol. The summed E-state index contributed by atoms with van der Waals surface area (Å²) in [5, 5.41) is 8.89. The van der Waals surface area contributed by atoms with Crippen LogP contribution < -0.4 is 11.0 Å². The molecule has 0 spiro atoms. The van der Waals surface area contributed by atoms with Gasteiger partial charge in [-0.15, -0.1) is 11.8 Å². The highest BCUT2D eigenvalue weighted by Gasteiger charge is 2.43. The molecule has 10 heteroatoms. The molecule has 2 N–H and O–H groups in total. The Hall–Kier alpha value is -2.14. The molecule has 2 aromatic rings. The number of nitrogens with zero attached hydrogens (tertiary/aromatic N) is 1. The van der Waals surface area contributed by atoms with Gasteiger partial charge in [-0.2, -0.15) is 0 Å². The lowest BCUT2D eigenvalue weighted by molar-refractivity contribution is -0.131. The Morgan fingerprint density at radius 3 is 2.43 bits per heavy atom. The van der Waals surface area contributed by atoms with Crippen LogP contribution in [0.25, 0.3) is 11.1 Å². The number of nitrogens with one attached hydrogen (secondary N) is 1. The van der Waals surface area contributed by atoms with Crippen molar-refractivity contribution in [2.45, 2.75) is 29.5 Å². The van der Waals surface area contributed by atoms with Crippen molar-refractivity contribution in [3.05, 3.63) is 52.9 Å². The number of aryl methyl sites for hydroxylation is 1. The van der Waals surface area contributed by atoms with Crippen LogP contribution in [-0.4, -0.2) is 54.6 Å². The fraction of sp³-hybridized carbons (Fsp3) is 0.400. The van der Waals surface area contributed by atoms with E-state index in [0.717, 1.165) is 28.0 Å². The van der Waals surface area contributed by atoms with Crippen molar-refractivity contribution in [3.63, 3.8) is 0 Å². The van der Waals surface area contributed by atoms with Gasteiger partial charge >= 0.3 is 0 Å². The summed E-state index contributed by atoms with van der Waals surface area (Å²) >= 11 is 1.68. The van der Waals surface area contributed by atoms with Gasteiger partial charge in [-0.05, 0) is 42.7 Å². The van der Waals surface area contributed by atoms with E-state index in [9.17, 15) is 18.0 Å². The van der Waals surface area contributed by atoms with Gasteiger partial charge in [0.2, 0.25) is 0 Å². The number of aromatic nitrogens is 1. The summed E-state index contributed by atoms with van der Waals surface area (Å²) in [7, 11) is -2.16. The number of hydrogen-bond donors (Lipinski definition) is 2. The molecule has 1 heterocycles. The summed E-state index contributed by atoms with van der Waals surface area (Å²) in [6.07, 6.45) is 2.33. The number of methoxy groups -OCH3 is 1. The van der Waals surface area contributed by atoms with Crippen LogP contribution in [0.1, 0.15) is 13.3 Å². The number of benzene rings is 1. The zero-order chi connectivity index (χ0) is 22.4. The van der Waals surface area contributed by atoms with Crippen molar-refractivity contribution in [2.75, 3.05) is 25.7 Å². The number of carbonyl (C=O) groups is 1. The Labute approximate surface area is 180 Å². The van der Waals surface area contributed by atoms with Crippen molar-refractivity contribution in [2.24, 2.45) is 0 Å². The number of hydroxylamine groups is 1. The Morgan fingerprint density at radius 1 is 1.23 bits per heavy atom. The van der Waals surface area contributed by atoms with Crippen LogP contribution >= 0.6 is 11.8 Å². The number of sulfone groups is 1. The van der Waals surface area contributed by atoms with E-state index < -0.39 is 20.5 Å². The second kappa shape index (κ2) is 10.3. The van der Waals surface area contributed by atoms with Gasteiger partial charge in [0.25, 0.3) is 11.5 Å². The Kier molecular flexibility index (Phi) is 8.25. The fourth-order valence-electron chi connectivity index (χ4n) is 2.78. The maximum atomic E-state index is 12.5. The first-order valence-corrected chi connectivity index (χ1v) is 12.1. The van der Waals surface area contributed by atoms with Crippen LogP contribution in [0.15, 0.2) is 52.3 Å². The molecule has 0 bridgehead atoms. The highest BCUT2D eigenvalue weighted by atomic mass is 32.2. The lowest BCUT2D eigenvalue weighted by atomic mass is 10.1. The average molecular weight is 455 g/mol. The number of rotatable bonds is 10. The van der Waals surface area contributed by atoms with Crippen molar-refractivity contribution < 1.29 is 23.2 Å². The van der Waals surface area contributed by atoms with Crippen LogP contribution in [0.5, 0.6) is 0 Å². The lowest BCUT2D eigenvalue weighted by Crippen LogP contribution is -2.49. The zero-order valence-corrected chi connectivity index (χ0v) is 18.8. The molecule has 2 rings (SSSR count).